The molecule has 0 amide bonds. The van der Waals surface area contributed by atoms with Crippen molar-refractivity contribution in [3.63, 3.8) is 0 Å². The molecular formula is C15H22ClN3. The van der Waals surface area contributed by atoms with Gasteiger partial charge in [-0.05, 0) is 37.2 Å². The molecule has 0 radical (unpaired) electrons. The normalized spacial score (nSPS) is 11.6. The highest BCUT2D eigenvalue weighted by molar-refractivity contribution is 6.31. The topological polar surface area (TPSA) is 39.1 Å². The van der Waals surface area contributed by atoms with Crippen LogP contribution in [0.15, 0.2) is 18.2 Å². The molecule has 0 unspecified atom stereocenters. The Morgan fingerprint density at radius 3 is 2.58 bits per heavy atom. The highest BCUT2D eigenvalue weighted by Crippen LogP contribution is 2.19. The molecule has 104 valence electrons. The Labute approximate surface area is 121 Å². The van der Waals surface area contributed by atoms with Crippen molar-refractivity contribution in [1.29, 1.82) is 5.26 Å². The summed E-state index contributed by atoms with van der Waals surface area (Å²) < 4.78 is 0. The number of benzene rings is 1. The maximum atomic E-state index is 8.79. The van der Waals surface area contributed by atoms with Gasteiger partial charge in [0.15, 0.2) is 0 Å². The number of hydrogen-bond acceptors (Lipinski definition) is 3. The van der Waals surface area contributed by atoms with Gasteiger partial charge in [0, 0.05) is 24.7 Å². The van der Waals surface area contributed by atoms with Crippen molar-refractivity contribution in [3.8, 4) is 6.07 Å². The average Bonchev–Trinajstić information content (AvgIpc) is 2.29. The highest BCUT2D eigenvalue weighted by atomic mass is 35.5. The third-order valence-electron chi connectivity index (χ3n) is 2.85. The largest absolute Gasteiger partial charge is 0.312 e. The lowest BCUT2D eigenvalue weighted by Crippen LogP contribution is -2.37. The zero-order valence-electron chi connectivity index (χ0n) is 12.1. The molecule has 0 spiro atoms. The molecule has 0 saturated carbocycles. The summed E-state index contributed by atoms with van der Waals surface area (Å²) in [5, 5.41) is 12.9. The lowest BCUT2D eigenvalue weighted by atomic mass is 9.93. The minimum absolute atomic E-state index is 0.211. The summed E-state index contributed by atoms with van der Waals surface area (Å²) in [4.78, 5) is 2.19. The van der Waals surface area contributed by atoms with Crippen LogP contribution < -0.4 is 5.32 Å². The Hall–Kier alpha value is -1.08. The van der Waals surface area contributed by atoms with Gasteiger partial charge in [-0.2, -0.15) is 5.26 Å². The quantitative estimate of drug-likeness (QED) is 0.870. The first kappa shape index (κ1) is 16.0. The van der Waals surface area contributed by atoms with Crippen molar-refractivity contribution >= 4 is 11.6 Å². The van der Waals surface area contributed by atoms with Gasteiger partial charge in [0.05, 0.1) is 11.6 Å². The lowest BCUT2D eigenvalue weighted by molar-refractivity contribution is 0.232. The van der Waals surface area contributed by atoms with Gasteiger partial charge in [-0.25, -0.2) is 0 Å². The Bertz CT molecular complexity index is 461. The van der Waals surface area contributed by atoms with Gasteiger partial charge in [0.25, 0.3) is 0 Å². The van der Waals surface area contributed by atoms with E-state index in [1.165, 1.54) is 0 Å². The summed E-state index contributed by atoms with van der Waals surface area (Å²) in [6.07, 6.45) is 0. The van der Waals surface area contributed by atoms with Crippen molar-refractivity contribution in [3.05, 3.63) is 34.3 Å². The fraction of sp³-hybridized carbons (Fsp3) is 0.533. The molecule has 0 saturated heterocycles. The predicted octanol–water partition coefficient (Wildman–Crippen LogP) is 2.89. The molecule has 0 atom stereocenters. The maximum absolute atomic E-state index is 8.79. The number of halogens is 1. The molecule has 0 heterocycles. The van der Waals surface area contributed by atoms with Crippen LogP contribution in [-0.4, -0.2) is 32.1 Å². The van der Waals surface area contributed by atoms with Gasteiger partial charge in [0.2, 0.25) is 0 Å². The van der Waals surface area contributed by atoms with E-state index in [9.17, 15) is 0 Å². The Balaban J connectivity index is 2.52. The molecule has 0 aliphatic heterocycles. The molecule has 19 heavy (non-hydrogen) atoms. The lowest BCUT2D eigenvalue weighted by Gasteiger charge is -2.28. The second kappa shape index (κ2) is 6.91. The van der Waals surface area contributed by atoms with E-state index >= 15 is 0 Å². The molecule has 1 aromatic rings. The van der Waals surface area contributed by atoms with Crippen LogP contribution in [0.1, 0.15) is 25.0 Å². The smallest absolute Gasteiger partial charge is 0.0992 e. The first-order valence-electron chi connectivity index (χ1n) is 6.38. The van der Waals surface area contributed by atoms with Crippen LogP contribution in [0.3, 0.4) is 0 Å². The van der Waals surface area contributed by atoms with Crippen LogP contribution in [0.4, 0.5) is 0 Å². The summed E-state index contributed by atoms with van der Waals surface area (Å²) in [6, 6.07) is 7.51. The van der Waals surface area contributed by atoms with Crippen molar-refractivity contribution in [2.24, 2.45) is 5.41 Å². The Morgan fingerprint density at radius 2 is 2.05 bits per heavy atom. The van der Waals surface area contributed by atoms with Crippen LogP contribution in [0, 0.1) is 16.7 Å². The summed E-state index contributed by atoms with van der Waals surface area (Å²) in [5.74, 6) is 0. The third-order valence-corrected chi connectivity index (χ3v) is 3.20. The average molecular weight is 280 g/mol. The summed E-state index contributed by atoms with van der Waals surface area (Å²) in [5.41, 5.74) is 1.84. The van der Waals surface area contributed by atoms with Gasteiger partial charge in [0.1, 0.15) is 0 Å². The fourth-order valence-corrected chi connectivity index (χ4v) is 2.46. The van der Waals surface area contributed by atoms with E-state index in [1.807, 2.05) is 6.07 Å². The van der Waals surface area contributed by atoms with E-state index < -0.39 is 0 Å². The molecule has 0 aliphatic carbocycles. The van der Waals surface area contributed by atoms with Crippen molar-refractivity contribution in [2.45, 2.75) is 20.4 Å². The molecule has 0 bridgehead atoms. The van der Waals surface area contributed by atoms with Gasteiger partial charge in [-0.3, -0.25) is 0 Å². The molecule has 0 aromatic heterocycles. The van der Waals surface area contributed by atoms with E-state index in [2.05, 4.69) is 44.2 Å². The van der Waals surface area contributed by atoms with Crippen molar-refractivity contribution in [2.75, 3.05) is 27.2 Å². The van der Waals surface area contributed by atoms with E-state index in [0.717, 1.165) is 25.2 Å². The standard InChI is InChI=1S/C15H22ClN3/c1-15(2,11-19(3)4)10-18-9-13-6-5-12(8-17)7-14(13)16/h5-7,18H,9-11H2,1-4H3. The second-order valence-corrected chi connectivity index (χ2v) is 6.33. The summed E-state index contributed by atoms with van der Waals surface area (Å²) in [6.45, 7) is 7.14. The number of hydrogen-bond donors (Lipinski definition) is 1. The zero-order chi connectivity index (χ0) is 14.5. The van der Waals surface area contributed by atoms with Crippen LogP contribution in [-0.2, 0) is 6.54 Å². The zero-order valence-corrected chi connectivity index (χ0v) is 12.9. The number of nitrogens with one attached hydrogen (secondary N) is 1. The first-order chi connectivity index (χ1) is 8.84. The number of nitriles is 1. The Morgan fingerprint density at radius 1 is 1.37 bits per heavy atom. The van der Waals surface area contributed by atoms with Crippen LogP contribution >= 0.6 is 11.6 Å². The predicted molar refractivity (Wildman–Crippen MR) is 80.2 cm³/mol. The van der Waals surface area contributed by atoms with E-state index in [-0.39, 0.29) is 5.41 Å². The molecule has 0 aliphatic rings. The molecule has 1 rings (SSSR count). The fourth-order valence-electron chi connectivity index (χ4n) is 2.21. The molecule has 0 fully saturated rings. The van der Waals surface area contributed by atoms with E-state index in [0.29, 0.717) is 10.6 Å². The number of rotatable bonds is 6. The van der Waals surface area contributed by atoms with E-state index in [1.54, 1.807) is 12.1 Å². The van der Waals surface area contributed by atoms with Gasteiger partial charge in [-0.1, -0.05) is 31.5 Å². The molecule has 1 aromatic carbocycles. The van der Waals surface area contributed by atoms with Crippen LogP contribution in [0.25, 0.3) is 0 Å². The minimum atomic E-state index is 0.211. The monoisotopic (exact) mass is 279 g/mol. The summed E-state index contributed by atoms with van der Waals surface area (Å²) >= 11 is 6.14. The molecule has 4 heteroatoms. The second-order valence-electron chi connectivity index (χ2n) is 5.92. The molecule has 3 nitrogen and oxygen atoms in total. The van der Waals surface area contributed by atoms with Crippen LogP contribution in [0.5, 0.6) is 0 Å². The highest BCUT2D eigenvalue weighted by Gasteiger charge is 2.18. The maximum Gasteiger partial charge on any atom is 0.0992 e. The first-order valence-corrected chi connectivity index (χ1v) is 6.76. The van der Waals surface area contributed by atoms with Crippen molar-refractivity contribution in [1.82, 2.24) is 10.2 Å². The molecular weight excluding hydrogens is 258 g/mol. The van der Waals surface area contributed by atoms with Crippen LogP contribution in [0.2, 0.25) is 5.02 Å². The SMILES string of the molecule is CN(C)CC(C)(C)CNCc1ccc(C#N)cc1Cl. The van der Waals surface area contributed by atoms with Crippen molar-refractivity contribution < 1.29 is 0 Å². The Kier molecular flexibility index (Phi) is 5.81. The minimum Gasteiger partial charge on any atom is -0.312 e. The van der Waals surface area contributed by atoms with E-state index in [4.69, 9.17) is 16.9 Å². The van der Waals surface area contributed by atoms with Gasteiger partial charge >= 0.3 is 0 Å². The van der Waals surface area contributed by atoms with Gasteiger partial charge < -0.3 is 10.2 Å². The molecule has 1 N–H and O–H groups in total. The third kappa shape index (κ3) is 5.61. The summed E-state index contributed by atoms with van der Waals surface area (Å²) in [7, 11) is 4.17. The number of nitrogens with zero attached hydrogens (tertiary/aromatic N) is 2. The van der Waals surface area contributed by atoms with Gasteiger partial charge in [-0.15, -0.1) is 0 Å².